The molecule has 1 atom stereocenters. The van der Waals surface area contributed by atoms with Gasteiger partial charge in [0.25, 0.3) is 5.91 Å². The number of aromatic nitrogens is 3. The fraction of sp³-hybridized carbons (Fsp3) is 0.190. The number of hydrogen-bond donors (Lipinski definition) is 2. The average molecular weight is 413 g/mol. The Morgan fingerprint density at radius 1 is 1.13 bits per heavy atom. The van der Waals surface area contributed by atoms with Crippen LogP contribution < -0.4 is 10.6 Å². The van der Waals surface area contributed by atoms with E-state index in [0.717, 1.165) is 11.6 Å². The molecule has 9 heteroatoms. The Morgan fingerprint density at radius 3 is 2.57 bits per heavy atom. The molecule has 3 aromatic rings. The number of anilines is 1. The van der Waals surface area contributed by atoms with Crippen molar-refractivity contribution in [2.75, 3.05) is 5.32 Å². The van der Waals surface area contributed by atoms with Gasteiger partial charge in [0.1, 0.15) is 12.4 Å². The van der Waals surface area contributed by atoms with Crippen LogP contribution in [0.4, 0.5) is 19.1 Å². The lowest BCUT2D eigenvalue weighted by Crippen LogP contribution is -2.35. The number of nitrogens with one attached hydrogen (secondary N) is 2. The Labute approximate surface area is 170 Å². The smallest absolute Gasteiger partial charge is 0.348 e. The minimum absolute atomic E-state index is 0.0672. The highest BCUT2D eigenvalue weighted by atomic mass is 19.4. The van der Waals surface area contributed by atoms with Gasteiger partial charge >= 0.3 is 6.18 Å². The van der Waals surface area contributed by atoms with E-state index in [1.807, 2.05) is 30.3 Å². The lowest BCUT2D eigenvalue weighted by Gasteiger charge is -2.30. The summed E-state index contributed by atoms with van der Waals surface area (Å²) in [5.74, 6) is -0.207. The maximum Gasteiger partial charge on any atom is 0.416 e. The first-order valence-corrected chi connectivity index (χ1v) is 9.22. The lowest BCUT2D eigenvalue weighted by molar-refractivity contribution is -0.138. The molecule has 1 aliphatic heterocycles. The molecule has 0 aliphatic carbocycles. The summed E-state index contributed by atoms with van der Waals surface area (Å²) in [6.45, 7) is 1.88. The molecule has 30 heavy (non-hydrogen) atoms. The number of carbonyl (C=O) groups excluding carboxylic acids is 1. The standard InChI is InChI=1S/C21H18F3N5O/c1-13-17(19(30)25-11-14-7-3-2-4-8-14)18(29-20(28-13)26-12-27-29)15-9-5-6-10-16(15)21(22,23)24/h2-10,12,18H,11H2,1H3,(H,25,30)(H,26,27,28). The van der Waals surface area contributed by atoms with E-state index < -0.39 is 23.7 Å². The molecule has 0 fully saturated rings. The number of carbonyl (C=O) groups is 1. The summed E-state index contributed by atoms with van der Waals surface area (Å²) in [6, 6.07) is 13.4. The van der Waals surface area contributed by atoms with Gasteiger partial charge in [0, 0.05) is 12.2 Å². The van der Waals surface area contributed by atoms with Crippen LogP contribution in [0.3, 0.4) is 0 Å². The van der Waals surface area contributed by atoms with Crippen molar-refractivity contribution >= 4 is 11.9 Å². The molecule has 0 bridgehead atoms. The van der Waals surface area contributed by atoms with Crippen molar-refractivity contribution in [3.63, 3.8) is 0 Å². The van der Waals surface area contributed by atoms with E-state index in [4.69, 9.17) is 0 Å². The van der Waals surface area contributed by atoms with E-state index >= 15 is 0 Å². The zero-order chi connectivity index (χ0) is 21.3. The maximum absolute atomic E-state index is 13.7. The van der Waals surface area contributed by atoms with Crippen LogP contribution in [0.1, 0.15) is 29.7 Å². The molecule has 0 radical (unpaired) electrons. The number of halogens is 3. The first-order valence-electron chi connectivity index (χ1n) is 9.22. The Kier molecular flexibility index (Phi) is 5.03. The van der Waals surface area contributed by atoms with E-state index in [1.54, 1.807) is 6.92 Å². The molecule has 0 spiro atoms. The molecule has 0 saturated carbocycles. The highest BCUT2D eigenvalue weighted by Gasteiger charge is 2.40. The molecule has 1 aliphatic rings. The van der Waals surface area contributed by atoms with Crippen molar-refractivity contribution in [2.24, 2.45) is 0 Å². The van der Waals surface area contributed by atoms with Crippen LogP contribution in [0.2, 0.25) is 0 Å². The van der Waals surface area contributed by atoms with Crippen LogP contribution in [0.15, 0.2) is 72.2 Å². The quantitative estimate of drug-likeness (QED) is 0.681. The van der Waals surface area contributed by atoms with E-state index in [0.29, 0.717) is 5.70 Å². The summed E-state index contributed by atoms with van der Waals surface area (Å²) in [7, 11) is 0. The molecule has 2 heterocycles. The van der Waals surface area contributed by atoms with Gasteiger partial charge < -0.3 is 10.6 Å². The van der Waals surface area contributed by atoms with Gasteiger partial charge in [-0.2, -0.15) is 23.3 Å². The number of allylic oxidation sites excluding steroid dienone is 1. The minimum Gasteiger partial charge on any atom is -0.348 e. The summed E-state index contributed by atoms with van der Waals surface area (Å²) < 4.78 is 42.5. The fourth-order valence-corrected chi connectivity index (χ4v) is 3.54. The third-order valence-electron chi connectivity index (χ3n) is 4.90. The third-order valence-corrected chi connectivity index (χ3v) is 4.90. The van der Waals surface area contributed by atoms with E-state index in [2.05, 4.69) is 20.7 Å². The Hall–Kier alpha value is -3.62. The van der Waals surface area contributed by atoms with Crippen molar-refractivity contribution in [3.05, 3.63) is 88.9 Å². The van der Waals surface area contributed by atoms with Crippen LogP contribution >= 0.6 is 0 Å². The van der Waals surface area contributed by atoms with Gasteiger partial charge in [-0.25, -0.2) is 4.68 Å². The molecule has 2 N–H and O–H groups in total. The van der Waals surface area contributed by atoms with Crippen LogP contribution in [0.5, 0.6) is 0 Å². The molecule has 1 aromatic heterocycles. The van der Waals surface area contributed by atoms with Crippen molar-refractivity contribution in [1.82, 2.24) is 20.1 Å². The largest absolute Gasteiger partial charge is 0.416 e. The van der Waals surface area contributed by atoms with Crippen LogP contribution in [0, 0.1) is 0 Å². The zero-order valence-electron chi connectivity index (χ0n) is 15.9. The van der Waals surface area contributed by atoms with Crippen molar-refractivity contribution in [3.8, 4) is 0 Å². The summed E-state index contributed by atoms with van der Waals surface area (Å²) in [6.07, 6.45) is -3.34. The molecule has 0 saturated heterocycles. The number of rotatable bonds is 4. The second-order valence-electron chi connectivity index (χ2n) is 6.85. The molecule has 1 amide bonds. The van der Waals surface area contributed by atoms with Crippen LogP contribution in [-0.2, 0) is 17.5 Å². The molecule has 154 valence electrons. The summed E-state index contributed by atoms with van der Waals surface area (Å²) in [4.78, 5) is 17.2. The molecular formula is C21H18F3N5O. The van der Waals surface area contributed by atoms with Gasteiger partial charge in [0.2, 0.25) is 5.95 Å². The highest BCUT2D eigenvalue weighted by Crippen LogP contribution is 2.41. The topological polar surface area (TPSA) is 71.8 Å². The van der Waals surface area contributed by atoms with Gasteiger partial charge in [-0.3, -0.25) is 4.79 Å². The zero-order valence-corrected chi connectivity index (χ0v) is 15.9. The van der Waals surface area contributed by atoms with Gasteiger partial charge in [-0.1, -0.05) is 48.5 Å². The van der Waals surface area contributed by atoms with E-state index in [9.17, 15) is 18.0 Å². The Bertz CT molecular complexity index is 1110. The van der Waals surface area contributed by atoms with Gasteiger partial charge in [-0.05, 0) is 24.1 Å². The first-order chi connectivity index (χ1) is 14.4. The predicted molar refractivity (Wildman–Crippen MR) is 104 cm³/mol. The van der Waals surface area contributed by atoms with Crippen molar-refractivity contribution in [1.29, 1.82) is 0 Å². The molecule has 4 rings (SSSR count). The summed E-state index contributed by atoms with van der Waals surface area (Å²) in [5.41, 5.74) is 0.562. The SMILES string of the molecule is CC1=C(C(=O)NCc2ccccc2)C(c2ccccc2C(F)(F)F)n2ncnc2N1. The second kappa shape index (κ2) is 7.66. The summed E-state index contributed by atoms with van der Waals surface area (Å²) in [5, 5.41) is 9.84. The number of hydrogen-bond acceptors (Lipinski definition) is 4. The second-order valence-corrected chi connectivity index (χ2v) is 6.85. The predicted octanol–water partition coefficient (Wildman–Crippen LogP) is 3.90. The normalized spacial score (nSPS) is 16.1. The van der Waals surface area contributed by atoms with E-state index in [-0.39, 0.29) is 23.6 Å². The van der Waals surface area contributed by atoms with Gasteiger partial charge in [-0.15, -0.1) is 0 Å². The third kappa shape index (κ3) is 3.66. The number of alkyl halides is 3. The Morgan fingerprint density at radius 2 is 1.83 bits per heavy atom. The molecule has 2 aromatic carbocycles. The number of benzene rings is 2. The number of amides is 1. The highest BCUT2D eigenvalue weighted by molar-refractivity contribution is 5.96. The number of fused-ring (bicyclic) bond motifs is 1. The van der Waals surface area contributed by atoms with Crippen LogP contribution in [-0.4, -0.2) is 20.7 Å². The van der Waals surface area contributed by atoms with Crippen molar-refractivity contribution in [2.45, 2.75) is 25.7 Å². The van der Waals surface area contributed by atoms with Gasteiger partial charge in [0.15, 0.2) is 0 Å². The summed E-state index contributed by atoms with van der Waals surface area (Å²) >= 11 is 0. The monoisotopic (exact) mass is 413 g/mol. The molecular weight excluding hydrogens is 395 g/mol. The maximum atomic E-state index is 13.7. The average Bonchev–Trinajstić information content (AvgIpc) is 3.19. The fourth-order valence-electron chi connectivity index (χ4n) is 3.54. The lowest BCUT2D eigenvalue weighted by atomic mass is 9.91. The van der Waals surface area contributed by atoms with Crippen LogP contribution in [0.25, 0.3) is 0 Å². The van der Waals surface area contributed by atoms with Crippen molar-refractivity contribution < 1.29 is 18.0 Å². The number of nitrogens with zero attached hydrogens (tertiary/aromatic N) is 3. The first kappa shape index (κ1) is 19.7. The Balaban J connectivity index is 1.76. The molecule has 1 unspecified atom stereocenters. The molecule has 6 nitrogen and oxygen atoms in total. The van der Waals surface area contributed by atoms with E-state index in [1.165, 1.54) is 29.2 Å². The minimum atomic E-state index is -4.58. The van der Waals surface area contributed by atoms with Gasteiger partial charge in [0.05, 0.1) is 11.1 Å².